The first-order chi connectivity index (χ1) is 14.2. The maximum absolute atomic E-state index is 12.7. The van der Waals surface area contributed by atoms with E-state index < -0.39 is 0 Å². The monoisotopic (exact) mass is 409 g/mol. The Morgan fingerprint density at radius 2 is 1.93 bits per heavy atom. The Kier molecular flexibility index (Phi) is 5.80. The van der Waals surface area contributed by atoms with Crippen LogP contribution in [-0.4, -0.2) is 37.5 Å². The molecule has 3 aromatic rings. The van der Waals surface area contributed by atoms with Gasteiger partial charge in [-0.15, -0.1) is 10.2 Å². The van der Waals surface area contributed by atoms with Crippen LogP contribution in [0.5, 0.6) is 5.75 Å². The van der Waals surface area contributed by atoms with Crippen LogP contribution in [0.1, 0.15) is 32.7 Å². The van der Waals surface area contributed by atoms with Gasteiger partial charge in [0.15, 0.2) is 11.0 Å². The van der Waals surface area contributed by atoms with E-state index in [1.54, 1.807) is 12.4 Å². The maximum Gasteiger partial charge on any atom is 0.237 e. The number of benzene rings is 1. The molecule has 1 atom stereocenters. The summed E-state index contributed by atoms with van der Waals surface area (Å²) < 4.78 is 7.59. The first-order valence-corrected chi connectivity index (χ1v) is 10.6. The number of pyridine rings is 1. The largest absolute Gasteiger partial charge is 0.494 e. The van der Waals surface area contributed by atoms with Crippen LogP contribution in [0, 0.1) is 0 Å². The standard InChI is InChI=1S/C21H23N5O2S/c1-3-28-18-8-4-16(5-9-18)23-20(27)14(2)29-21-25-24-19(26(21)17-6-7-17)15-10-12-22-13-11-15/h4-5,8-14,17H,3,6-7H2,1-2H3,(H,23,27)/t14-/m1/s1. The number of carbonyl (C=O) groups excluding carboxylic acids is 1. The zero-order valence-electron chi connectivity index (χ0n) is 16.4. The fourth-order valence-corrected chi connectivity index (χ4v) is 3.89. The van der Waals surface area contributed by atoms with Crippen molar-refractivity contribution in [3.8, 4) is 17.1 Å². The van der Waals surface area contributed by atoms with Crippen LogP contribution in [0.3, 0.4) is 0 Å². The van der Waals surface area contributed by atoms with Crippen LogP contribution in [-0.2, 0) is 4.79 Å². The molecular formula is C21H23N5O2S. The first-order valence-electron chi connectivity index (χ1n) is 9.71. The molecule has 1 fully saturated rings. The van der Waals surface area contributed by atoms with E-state index in [9.17, 15) is 4.79 Å². The molecule has 8 heteroatoms. The van der Waals surface area contributed by atoms with Crippen molar-refractivity contribution < 1.29 is 9.53 Å². The molecule has 4 rings (SSSR count). The summed E-state index contributed by atoms with van der Waals surface area (Å²) in [6.07, 6.45) is 5.72. The van der Waals surface area contributed by atoms with E-state index in [1.807, 2.05) is 50.2 Å². The lowest BCUT2D eigenvalue weighted by atomic mass is 10.2. The molecule has 7 nitrogen and oxygen atoms in total. The van der Waals surface area contributed by atoms with Gasteiger partial charge in [0.1, 0.15) is 5.75 Å². The number of nitrogens with zero attached hydrogens (tertiary/aromatic N) is 4. The third-order valence-corrected chi connectivity index (χ3v) is 5.66. The molecule has 1 N–H and O–H groups in total. The van der Waals surface area contributed by atoms with Crippen molar-refractivity contribution in [2.75, 3.05) is 11.9 Å². The van der Waals surface area contributed by atoms with Crippen LogP contribution < -0.4 is 10.1 Å². The predicted octanol–water partition coefficient (Wildman–Crippen LogP) is 4.19. The molecule has 29 heavy (non-hydrogen) atoms. The fraction of sp³-hybridized carbons (Fsp3) is 0.333. The van der Waals surface area contributed by atoms with Crippen molar-refractivity contribution in [1.29, 1.82) is 0 Å². The van der Waals surface area contributed by atoms with Crippen LogP contribution in [0.25, 0.3) is 11.4 Å². The molecule has 0 spiro atoms. The van der Waals surface area contributed by atoms with E-state index in [0.29, 0.717) is 12.6 Å². The zero-order valence-corrected chi connectivity index (χ0v) is 17.2. The van der Waals surface area contributed by atoms with Crippen LogP contribution >= 0.6 is 11.8 Å². The molecule has 2 aromatic heterocycles. The highest BCUT2D eigenvalue weighted by molar-refractivity contribution is 8.00. The van der Waals surface area contributed by atoms with Gasteiger partial charge in [-0.05, 0) is 63.1 Å². The van der Waals surface area contributed by atoms with Gasteiger partial charge in [-0.2, -0.15) is 0 Å². The number of hydrogen-bond acceptors (Lipinski definition) is 6. The van der Waals surface area contributed by atoms with E-state index in [0.717, 1.165) is 40.8 Å². The summed E-state index contributed by atoms with van der Waals surface area (Å²) in [6.45, 7) is 4.43. The van der Waals surface area contributed by atoms with Crippen LogP contribution in [0.4, 0.5) is 5.69 Å². The molecule has 1 amide bonds. The maximum atomic E-state index is 12.7. The predicted molar refractivity (Wildman–Crippen MR) is 113 cm³/mol. The number of anilines is 1. The second-order valence-corrected chi connectivity index (χ2v) is 8.16. The SMILES string of the molecule is CCOc1ccc(NC(=O)[C@@H](C)Sc2nnc(-c3ccncc3)n2C2CC2)cc1. The molecule has 1 aliphatic rings. The Morgan fingerprint density at radius 1 is 1.21 bits per heavy atom. The number of rotatable bonds is 8. The smallest absolute Gasteiger partial charge is 0.237 e. The quantitative estimate of drug-likeness (QED) is 0.562. The van der Waals surface area contributed by atoms with Gasteiger partial charge in [-0.25, -0.2) is 0 Å². The summed E-state index contributed by atoms with van der Waals surface area (Å²) >= 11 is 1.43. The highest BCUT2D eigenvalue weighted by Crippen LogP contribution is 2.41. The highest BCUT2D eigenvalue weighted by atomic mass is 32.2. The van der Waals surface area contributed by atoms with Crippen molar-refractivity contribution >= 4 is 23.4 Å². The van der Waals surface area contributed by atoms with Gasteiger partial charge in [0, 0.05) is 29.7 Å². The van der Waals surface area contributed by atoms with Gasteiger partial charge in [-0.3, -0.25) is 14.3 Å². The molecule has 0 unspecified atom stereocenters. The molecule has 1 saturated carbocycles. The molecule has 2 heterocycles. The third-order valence-electron chi connectivity index (χ3n) is 4.60. The Morgan fingerprint density at radius 3 is 2.59 bits per heavy atom. The minimum Gasteiger partial charge on any atom is -0.494 e. The molecule has 0 aliphatic heterocycles. The average Bonchev–Trinajstić information content (AvgIpc) is 3.50. The van der Waals surface area contributed by atoms with E-state index >= 15 is 0 Å². The van der Waals surface area contributed by atoms with Crippen LogP contribution in [0.2, 0.25) is 0 Å². The van der Waals surface area contributed by atoms with Crippen molar-refractivity contribution in [2.45, 2.75) is 43.1 Å². The number of ether oxygens (including phenoxy) is 1. The molecule has 0 bridgehead atoms. The number of hydrogen-bond donors (Lipinski definition) is 1. The second kappa shape index (κ2) is 8.65. The Labute approximate surface area is 173 Å². The highest BCUT2D eigenvalue weighted by Gasteiger charge is 2.31. The molecular weight excluding hydrogens is 386 g/mol. The van der Waals surface area contributed by atoms with Crippen LogP contribution in [0.15, 0.2) is 53.9 Å². The summed E-state index contributed by atoms with van der Waals surface area (Å²) in [5.41, 5.74) is 1.73. The first kappa shape index (κ1) is 19.4. The third kappa shape index (κ3) is 4.59. The summed E-state index contributed by atoms with van der Waals surface area (Å²) in [7, 11) is 0. The lowest BCUT2D eigenvalue weighted by molar-refractivity contribution is -0.115. The van der Waals surface area contributed by atoms with Gasteiger partial charge in [0.25, 0.3) is 0 Å². The number of amides is 1. The van der Waals surface area contributed by atoms with Gasteiger partial charge in [-0.1, -0.05) is 11.8 Å². The normalized spacial score (nSPS) is 14.4. The van der Waals surface area contributed by atoms with E-state index in [1.165, 1.54) is 11.8 Å². The Balaban J connectivity index is 1.46. The van der Waals surface area contributed by atoms with Gasteiger partial charge >= 0.3 is 0 Å². The minimum absolute atomic E-state index is 0.0741. The summed E-state index contributed by atoms with van der Waals surface area (Å²) in [5, 5.41) is 12.2. The zero-order chi connectivity index (χ0) is 20.2. The number of aromatic nitrogens is 4. The number of nitrogens with one attached hydrogen (secondary N) is 1. The molecule has 1 aromatic carbocycles. The molecule has 150 valence electrons. The van der Waals surface area contributed by atoms with Gasteiger partial charge in [0.2, 0.25) is 5.91 Å². The van der Waals surface area contributed by atoms with Crippen molar-refractivity contribution in [1.82, 2.24) is 19.7 Å². The average molecular weight is 410 g/mol. The van der Waals surface area contributed by atoms with E-state index in [-0.39, 0.29) is 11.2 Å². The number of carbonyl (C=O) groups is 1. The Hall–Kier alpha value is -2.87. The molecule has 0 radical (unpaired) electrons. The van der Waals surface area contributed by atoms with Crippen molar-refractivity contribution in [3.63, 3.8) is 0 Å². The Bertz CT molecular complexity index is 970. The lowest BCUT2D eigenvalue weighted by Gasteiger charge is -2.13. The van der Waals surface area contributed by atoms with Crippen molar-refractivity contribution in [2.24, 2.45) is 0 Å². The summed E-state index contributed by atoms with van der Waals surface area (Å²) in [6, 6.07) is 11.6. The fourth-order valence-electron chi connectivity index (χ4n) is 2.97. The van der Waals surface area contributed by atoms with E-state index in [2.05, 4.69) is 25.1 Å². The number of thioether (sulfide) groups is 1. The van der Waals surface area contributed by atoms with Gasteiger partial charge in [0.05, 0.1) is 11.9 Å². The second-order valence-electron chi connectivity index (χ2n) is 6.85. The topological polar surface area (TPSA) is 81.9 Å². The molecule has 1 aliphatic carbocycles. The van der Waals surface area contributed by atoms with Gasteiger partial charge < -0.3 is 10.1 Å². The minimum atomic E-state index is -0.312. The van der Waals surface area contributed by atoms with Crippen molar-refractivity contribution in [3.05, 3.63) is 48.8 Å². The summed E-state index contributed by atoms with van der Waals surface area (Å²) in [4.78, 5) is 16.7. The van der Waals surface area contributed by atoms with E-state index in [4.69, 9.17) is 4.74 Å². The lowest BCUT2D eigenvalue weighted by Crippen LogP contribution is -2.22. The summed E-state index contributed by atoms with van der Waals surface area (Å²) in [5.74, 6) is 1.54. The molecule has 0 saturated heterocycles.